The number of carbonyl (C=O) groups is 1. The number of aliphatic hydroxyl groups is 1. The van der Waals surface area contributed by atoms with E-state index in [2.05, 4.69) is 19.9 Å². The lowest BCUT2D eigenvalue weighted by Crippen LogP contribution is -2.52. The number of fused-ring (bicyclic) bond motifs is 3. The van der Waals surface area contributed by atoms with Gasteiger partial charge in [0.25, 0.3) is 0 Å². The van der Waals surface area contributed by atoms with Gasteiger partial charge in [-0.1, -0.05) is 25.5 Å². The van der Waals surface area contributed by atoms with Gasteiger partial charge >= 0.3 is 5.97 Å². The maximum Gasteiger partial charge on any atom is 0.309 e. The van der Waals surface area contributed by atoms with E-state index >= 15 is 0 Å². The van der Waals surface area contributed by atoms with Crippen molar-refractivity contribution >= 4 is 5.97 Å². The molecule has 0 aromatic rings. The molecule has 3 nitrogen and oxygen atoms in total. The van der Waals surface area contributed by atoms with Crippen LogP contribution >= 0.6 is 0 Å². The van der Waals surface area contributed by atoms with Gasteiger partial charge in [0.05, 0.1) is 12.0 Å². The summed E-state index contributed by atoms with van der Waals surface area (Å²) in [6.45, 7) is 6.26. The Morgan fingerprint density at radius 2 is 2.22 bits per heavy atom. The minimum atomic E-state index is -0.304. The van der Waals surface area contributed by atoms with Crippen LogP contribution < -0.4 is 0 Å². The lowest BCUT2D eigenvalue weighted by Gasteiger charge is -2.51. The van der Waals surface area contributed by atoms with Crippen molar-refractivity contribution in [2.24, 2.45) is 23.2 Å². The third-order valence-electron chi connectivity index (χ3n) is 5.66. The minimum Gasteiger partial charge on any atom is -0.461 e. The van der Waals surface area contributed by atoms with Crippen LogP contribution in [0.4, 0.5) is 0 Å². The van der Waals surface area contributed by atoms with Gasteiger partial charge in [-0.2, -0.15) is 0 Å². The fourth-order valence-corrected chi connectivity index (χ4v) is 4.37. The van der Waals surface area contributed by atoms with Crippen molar-refractivity contribution in [2.75, 3.05) is 0 Å². The second-order valence-electron chi connectivity index (χ2n) is 6.58. The fraction of sp³-hybridized carbons (Fsp3) is 0.800. The van der Waals surface area contributed by atoms with Crippen molar-refractivity contribution in [2.45, 2.75) is 52.2 Å². The topological polar surface area (TPSA) is 46.5 Å². The van der Waals surface area contributed by atoms with Crippen LogP contribution in [-0.2, 0) is 9.53 Å². The van der Waals surface area contributed by atoms with Crippen LogP contribution in [0, 0.1) is 23.2 Å². The van der Waals surface area contributed by atoms with Gasteiger partial charge in [0.1, 0.15) is 6.10 Å². The summed E-state index contributed by atoms with van der Waals surface area (Å²) >= 11 is 0. The Kier molecular flexibility index (Phi) is 2.60. The van der Waals surface area contributed by atoms with Crippen LogP contribution in [0.5, 0.6) is 0 Å². The maximum atomic E-state index is 11.8. The van der Waals surface area contributed by atoms with Crippen LogP contribution in [0.15, 0.2) is 11.6 Å². The molecule has 0 aromatic carbocycles. The second kappa shape index (κ2) is 3.83. The molecule has 3 aliphatic rings. The predicted octanol–water partition coefficient (Wildman–Crippen LogP) is 2.29. The van der Waals surface area contributed by atoms with E-state index in [1.54, 1.807) is 0 Å². The van der Waals surface area contributed by atoms with Crippen molar-refractivity contribution in [1.29, 1.82) is 0 Å². The Balaban J connectivity index is 2.00. The summed E-state index contributed by atoms with van der Waals surface area (Å²) in [5.41, 5.74) is 1.17. The van der Waals surface area contributed by atoms with Gasteiger partial charge in [0, 0.05) is 17.3 Å². The van der Waals surface area contributed by atoms with E-state index < -0.39 is 0 Å². The lowest BCUT2D eigenvalue weighted by molar-refractivity contribution is -0.151. The lowest BCUT2D eigenvalue weighted by atomic mass is 9.55. The molecule has 1 aliphatic heterocycles. The Bertz CT molecular complexity index is 414. The number of hydrogen-bond acceptors (Lipinski definition) is 3. The van der Waals surface area contributed by atoms with Crippen LogP contribution in [-0.4, -0.2) is 23.3 Å². The highest BCUT2D eigenvalue weighted by Gasteiger charge is 2.58. The van der Waals surface area contributed by atoms with Gasteiger partial charge in [-0.3, -0.25) is 4.79 Å². The largest absolute Gasteiger partial charge is 0.461 e. The average molecular weight is 250 g/mol. The molecule has 18 heavy (non-hydrogen) atoms. The fourth-order valence-electron chi connectivity index (χ4n) is 4.37. The molecule has 2 aliphatic carbocycles. The number of rotatable bonds is 0. The number of hydrogen-bond donors (Lipinski definition) is 1. The Hall–Kier alpha value is -0.830. The zero-order valence-electron chi connectivity index (χ0n) is 11.3. The summed E-state index contributed by atoms with van der Waals surface area (Å²) in [6.07, 6.45) is 4.52. The second-order valence-corrected chi connectivity index (χ2v) is 6.58. The molecule has 0 aromatic heterocycles. The molecule has 0 spiro atoms. The van der Waals surface area contributed by atoms with E-state index in [4.69, 9.17) is 4.74 Å². The third kappa shape index (κ3) is 1.43. The van der Waals surface area contributed by atoms with Gasteiger partial charge in [0.2, 0.25) is 0 Å². The van der Waals surface area contributed by atoms with E-state index in [0.29, 0.717) is 5.92 Å². The molecule has 0 radical (unpaired) electrons. The summed E-state index contributed by atoms with van der Waals surface area (Å²) < 4.78 is 5.64. The highest BCUT2D eigenvalue weighted by Crippen LogP contribution is 2.56. The molecule has 6 atom stereocenters. The van der Waals surface area contributed by atoms with Gasteiger partial charge in [-0.05, 0) is 26.2 Å². The standard InChI is InChI=1S/C15H22O3/c1-8-4-5-11(16)15(3)7-6-10-9(2)14(17)18-13(10)12(8)15/h4,9-13,16H,5-7H2,1-3H3/t9-,10+,11+,12-,13-,15-/m0/s1. The SMILES string of the molecule is CC1=CC[C@@H](O)[C@]2(C)CC[C@H]3[C@H](OC(=O)[C@H]3C)[C@H]12. The summed E-state index contributed by atoms with van der Waals surface area (Å²) in [5, 5.41) is 10.3. The molecule has 0 unspecified atom stereocenters. The first-order chi connectivity index (χ1) is 8.45. The molecule has 0 amide bonds. The summed E-state index contributed by atoms with van der Waals surface area (Å²) in [6, 6.07) is 0. The monoisotopic (exact) mass is 250 g/mol. The Labute approximate surface area is 108 Å². The van der Waals surface area contributed by atoms with Crippen LogP contribution in [0.2, 0.25) is 0 Å². The van der Waals surface area contributed by atoms with Gasteiger partial charge in [-0.15, -0.1) is 0 Å². The highest BCUT2D eigenvalue weighted by atomic mass is 16.6. The molecule has 1 saturated carbocycles. The molecule has 1 saturated heterocycles. The van der Waals surface area contributed by atoms with E-state index in [1.165, 1.54) is 5.57 Å². The van der Waals surface area contributed by atoms with Gasteiger partial charge in [0.15, 0.2) is 0 Å². The van der Waals surface area contributed by atoms with Crippen molar-refractivity contribution in [3.8, 4) is 0 Å². The van der Waals surface area contributed by atoms with Crippen molar-refractivity contribution in [1.82, 2.24) is 0 Å². The maximum absolute atomic E-state index is 11.8. The smallest absolute Gasteiger partial charge is 0.309 e. The molecule has 0 bridgehead atoms. The summed E-state index contributed by atoms with van der Waals surface area (Å²) in [5.74, 6) is 0.506. The first-order valence-electron chi connectivity index (χ1n) is 7.00. The molecular weight excluding hydrogens is 228 g/mol. The molecule has 1 N–H and O–H groups in total. The predicted molar refractivity (Wildman–Crippen MR) is 67.7 cm³/mol. The molecule has 1 heterocycles. The first kappa shape index (κ1) is 12.2. The van der Waals surface area contributed by atoms with E-state index in [1.807, 2.05) is 6.92 Å². The van der Waals surface area contributed by atoms with Crippen molar-refractivity contribution < 1.29 is 14.6 Å². The number of carbonyl (C=O) groups excluding carboxylic acids is 1. The molecule has 3 heteroatoms. The quantitative estimate of drug-likeness (QED) is 0.530. The first-order valence-corrected chi connectivity index (χ1v) is 7.00. The minimum absolute atomic E-state index is 0.0163. The zero-order chi connectivity index (χ0) is 13.1. The number of ether oxygens (including phenoxy) is 1. The van der Waals surface area contributed by atoms with Gasteiger partial charge in [-0.25, -0.2) is 0 Å². The molecular formula is C15H22O3. The summed E-state index contributed by atoms with van der Waals surface area (Å²) in [7, 11) is 0. The molecule has 2 fully saturated rings. The van der Waals surface area contributed by atoms with Gasteiger partial charge < -0.3 is 9.84 Å². The average Bonchev–Trinajstić information content (AvgIpc) is 2.60. The zero-order valence-corrected chi connectivity index (χ0v) is 11.3. The Morgan fingerprint density at radius 1 is 1.50 bits per heavy atom. The number of aliphatic hydroxyl groups excluding tert-OH is 1. The van der Waals surface area contributed by atoms with Crippen LogP contribution in [0.25, 0.3) is 0 Å². The molecule has 3 rings (SSSR count). The van der Waals surface area contributed by atoms with Crippen molar-refractivity contribution in [3.05, 3.63) is 11.6 Å². The highest BCUT2D eigenvalue weighted by molar-refractivity contribution is 5.75. The van der Waals surface area contributed by atoms with E-state index in [9.17, 15) is 9.90 Å². The molecule has 100 valence electrons. The van der Waals surface area contributed by atoms with E-state index in [-0.39, 0.29) is 35.4 Å². The normalized spacial score (nSPS) is 51.2. The van der Waals surface area contributed by atoms with Crippen molar-refractivity contribution in [3.63, 3.8) is 0 Å². The summed E-state index contributed by atoms with van der Waals surface area (Å²) in [4.78, 5) is 11.8. The third-order valence-corrected chi connectivity index (χ3v) is 5.66. The Morgan fingerprint density at radius 3 is 2.94 bits per heavy atom. The van der Waals surface area contributed by atoms with Crippen LogP contribution in [0.3, 0.4) is 0 Å². The van der Waals surface area contributed by atoms with E-state index in [0.717, 1.165) is 19.3 Å². The number of esters is 1. The van der Waals surface area contributed by atoms with Crippen LogP contribution in [0.1, 0.15) is 40.0 Å².